The zero-order valence-corrected chi connectivity index (χ0v) is 9.46. The van der Waals surface area contributed by atoms with Gasteiger partial charge in [-0.3, -0.25) is 9.69 Å². The molecule has 1 aliphatic rings. The average Bonchev–Trinajstić information content (AvgIpc) is 2.85. The van der Waals surface area contributed by atoms with Crippen LogP contribution in [-0.2, 0) is 16.1 Å². The number of rotatable bonds is 3. The van der Waals surface area contributed by atoms with Crippen LogP contribution in [-0.4, -0.2) is 29.9 Å². The van der Waals surface area contributed by atoms with E-state index in [1.807, 2.05) is 36.6 Å². The van der Waals surface area contributed by atoms with E-state index in [9.17, 15) is 9.59 Å². The molecule has 4 nitrogen and oxygen atoms in total. The Hall–Kier alpha value is -1.84. The molecule has 0 N–H and O–H groups in total. The van der Waals surface area contributed by atoms with Gasteiger partial charge in [0.05, 0.1) is 0 Å². The number of hydrogen-bond acceptors (Lipinski definition) is 3. The summed E-state index contributed by atoms with van der Waals surface area (Å²) in [5, 5.41) is 0. The fourth-order valence-corrected chi connectivity index (χ4v) is 1.91. The summed E-state index contributed by atoms with van der Waals surface area (Å²) in [7, 11) is 0. The molecule has 1 unspecified atom stereocenters. The molecule has 0 bridgehead atoms. The van der Waals surface area contributed by atoms with Gasteiger partial charge in [0.1, 0.15) is 12.6 Å². The van der Waals surface area contributed by atoms with Crippen LogP contribution >= 0.6 is 0 Å². The van der Waals surface area contributed by atoms with Crippen molar-refractivity contribution in [2.75, 3.05) is 6.54 Å². The first kappa shape index (κ1) is 11.6. The van der Waals surface area contributed by atoms with Crippen LogP contribution in [0.2, 0.25) is 0 Å². The van der Waals surface area contributed by atoms with Gasteiger partial charge in [-0.1, -0.05) is 30.3 Å². The van der Waals surface area contributed by atoms with Crippen molar-refractivity contribution in [1.82, 2.24) is 4.90 Å². The predicted octanol–water partition coefficient (Wildman–Crippen LogP) is 1.90. The first-order valence-corrected chi connectivity index (χ1v) is 5.66. The maximum atomic E-state index is 11.7. The molecule has 2 rings (SSSR count). The number of likely N-dealkylation sites (tertiary alicyclic amines) is 1. The lowest BCUT2D eigenvalue weighted by atomic mass is 10.2. The van der Waals surface area contributed by atoms with Crippen molar-refractivity contribution in [3.8, 4) is 0 Å². The van der Waals surface area contributed by atoms with Gasteiger partial charge in [0.15, 0.2) is 0 Å². The van der Waals surface area contributed by atoms with Gasteiger partial charge >= 0.3 is 6.09 Å². The van der Waals surface area contributed by atoms with Crippen LogP contribution in [0, 0.1) is 0 Å². The Morgan fingerprint density at radius 3 is 2.88 bits per heavy atom. The van der Waals surface area contributed by atoms with Crippen LogP contribution in [0.15, 0.2) is 30.3 Å². The summed E-state index contributed by atoms with van der Waals surface area (Å²) in [6, 6.07) is 9.03. The molecule has 1 aliphatic heterocycles. The Kier molecular flexibility index (Phi) is 3.75. The minimum atomic E-state index is -0.432. The molecule has 1 aromatic rings. The van der Waals surface area contributed by atoms with Crippen molar-refractivity contribution in [1.29, 1.82) is 0 Å². The van der Waals surface area contributed by atoms with Gasteiger partial charge in [0.25, 0.3) is 0 Å². The molecular formula is C13H14NO3. The largest absolute Gasteiger partial charge is 0.445 e. The van der Waals surface area contributed by atoms with Gasteiger partial charge in [-0.05, 0) is 18.4 Å². The van der Waals surface area contributed by atoms with Crippen molar-refractivity contribution in [2.45, 2.75) is 25.5 Å². The minimum Gasteiger partial charge on any atom is -0.445 e. The quantitative estimate of drug-likeness (QED) is 0.799. The number of carbonyl (C=O) groups excluding carboxylic acids is 2. The third kappa shape index (κ3) is 2.84. The van der Waals surface area contributed by atoms with Crippen molar-refractivity contribution < 1.29 is 14.3 Å². The molecule has 1 saturated heterocycles. The number of nitrogens with zero attached hydrogens (tertiary/aromatic N) is 1. The van der Waals surface area contributed by atoms with Crippen molar-refractivity contribution in [3.63, 3.8) is 0 Å². The fourth-order valence-electron chi connectivity index (χ4n) is 1.91. The summed E-state index contributed by atoms with van der Waals surface area (Å²) < 4.78 is 5.15. The van der Waals surface area contributed by atoms with E-state index in [0.29, 0.717) is 13.0 Å². The SMILES string of the molecule is O=[C]C1CCCN1C(=O)OCc1ccccc1. The lowest BCUT2D eigenvalue weighted by Gasteiger charge is -2.19. The number of carbonyl (C=O) groups is 1. The molecule has 1 amide bonds. The van der Waals surface area contributed by atoms with Crippen LogP contribution in [0.3, 0.4) is 0 Å². The standard InChI is InChI=1S/C13H14NO3/c15-9-12-7-4-8-14(12)13(16)17-10-11-5-2-1-3-6-11/h1-3,5-6,12H,4,7-8,10H2. The Bertz CT molecular complexity index is 391. The Labute approximate surface area is 100 Å². The monoisotopic (exact) mass is 232 g/mol. The highest BCUT2D eigenvalue weighted by Crippen LogP contribution is 2.16. The summed E-state index contributed by atoms with van der Waals surface area (Å²) in [6.07, 6.45) is 2.96. The zero-order chi connectivity index (χ0) is 12.1. The molecule has 0 aliphatic carbocycles. The average molecular weight is 232 g/mol. The molecule has 89 valence electrons. The third-order valence-corrected chi connectivity index (χ3v) is 2.83. The van der Waals surface area contributed by atoms with Gasteiger partial charge in [-0.15, -0.1) is 0 Å². The highest BCUT2D eigenvalue weighted by Gasteiger charge is 2.29. The van der Waals surface area contributed by atoms with E-state index in [-0.39, 0.29) is 6.61 Å². The number of hydrogen-bond donors (Lipinski definition) is 0. The second kappa shape index (κ2) is 5.48. The van der Waals surface area contributed by atoms with E-state index in [0.717, 1.165) is 12.0 Å². The second-order valence-corrected chi connectivity index (χ2v) is 4.01. The Balaban J connectivity index is 1.87. The number of ether oxygens (including phenoxy) is 1. The highest BCUT2D eigenvalue weighted by molar-refractivity contribution is 5.74. The first-order chi connectivity index (χ1) is 8.31. The molecule has 17 heavy (non-hydrogen) atoms. The van der Waals surface area contributed by atoms with Crippen molar-refractivity contribution >= 4 is 12.4 Å². The lowest BCUT2D eigenvalue weighted by Crippen LogP contribution is -2.36. The van der Waals surface area contributed by atoms with Gasteiger partial charge in [-0.2, -0.15) is 0 Å². The smallest absolute Gasteiger partial charge is 0.410 e. The van der Waals surface area contributed by atoms with Gasteiger partial charge in [0, 0.05) is 6.54 Å². The Morgan fingerprint density at radius 1 is 1.41 bits per heavy atom. The topological polar surface area (TPSA) is 46.6 Å². The van der Waals surface area contributed by atoms with E-state index < -0.39 is 12.1 Å². The molecule has 1 atom stereocenters. The molecule has 1 aromatic carbocycles. The van der Waals surface area contributed by atoms with E-state index >= 15 is 0 Å². The molecule has 0 spiro atoms. The number of benzene rings is 1. The van der Waals surface area contributed by atoms with Crippen LogP contribution in [0.25, 0.3) is 0 Å². The summed E-state index contributed by atoms with van der Waals surface area (Å²) in [4.78, 5) is 23.8. The third-order valence-electron chi connectivity index (χ3n) is 2.83. The predicted molar refractivity (Wildman–Crippen MR) is 62.0 cm³/mol. The van der Waals surface area contributed by atoms with Crippen LogP contribution in [0.4, 0.5) is 4.79 Å². The molecule has 4 heteroatoms. The lowest BCUT2D eigenvalue weighted by molar-refractivity contribution is 0.0989. The normalized spacial score (nSPS) is 19.1. The molecule has 1 heterocycles. The van der Waals surface area contributed by atoms with E-state index in [4.69, 9.17) is 4.74 Å². The van der Waals surface area contributed by atoms with Crippen LogP contribution in [0.5, 0.6) is 0 Å². The summed E-state index contributed by atoms with van der Waals surface area (Å²) in [5.41, 5.74) is 0.937. The number of amides is 1. The summed E-state index contributed by atoms with van der Waals surface area (Å²) in [5.74, 6) is 0. The van der Waals surface area contributed by atoms with Crippen molar-refractivity contribution in [3.05, 3.63) is 35.9 Å². The summed E-state index contributed by atoms with van der Waals surface area (Å²) >= 11 is 0. The van der Waals surface area contributed by atoms with Crippen LogP contribution < -0.4 is 0 Å². The molecular weight excluding hydrogens is 218 g/mol. The molecule has 0 aromatic heterocycles. The highest BCUT2D eigenvalue weighted by atomic mass is 16.6. The van der Waals surface area contributed by atoms with E-state index in [2.05, 4.69) is 0 Å². The van der Waals surface area contributed by atoms with Gasteiger partial charge in [-0.25, -0.2) is 4.79 Å². The fraction of sp³-hybridized carbons (Fsp3) is 0.385. The summed E-state index contributed by atoms with van der Waals surface area (Å²) in [6.45, 7) is 0.815. The maximum absolute atomic E-state index is 11.7. The van der Waals surface area contributed by atoms with Crippen LogP contribution in [0.1, 0.15) is 18.4 Å². The first-order valence-electron chi connectivity index (χ1n) is 5.66. The van der Waals surface area contributed by atoms with Gasteiger partial charge in [0.2, 0.25) is 6.29 Å². The van der Waals surface area contributed by atoms with E-state index in [1.54, 1.807) is 0 Å². The maximum Gasteiger partial charge on any atom is 0.410 e. The molecule has 1 radical (unpaired) electrons. The Morgan fingerprint density at radius 2 is 2.18 bits per heavy atom. The second-order valence-electron chi connectivity index (χ2n) is 4.01. The van der Waals surface area contributed by atoms with Gasteiger partial charge < -0.3 is 4.74 Å². The molecule has 1 fully saturated rings. The van der Waals surface area contributed by atoms with Crippen molar-refractivity contribution in [2.24, 2.45) is 0 Å². The van der Waals surface area contributed by atoms with E-state index in [1.165, 1.54) is 4.90 Å². The molecule has 0 saturated carbocycles. The minimum absolute atomic E-state index is 0.238. The zero-order valence-electron chi connectivity index (χ0n) is 9.46.